The molecule has 108 valence electrons. The van der Waals surface area contributed by atoms with Crippen LogP contribution in [-0.4, -0.2) is 17.0 Å². The van der Waals surface area contributed by atoms with E-state index < -0.39 is 5.97 Å². The van der Waals surface area contributed by atoms with Crippen LogP contribution in [-0.2, 0) is 17.8 Å². The number of carbonyl (C=O) groups is 2. The van der Waals surface area contributed by atoms with Crippen LogP contribution in [0.2, 0.25) is 0 Å². The Bertz CT molecular complexity index is 670. The van der Waals surface area contributed by atoms with Crippen LogP contribution in [0.1, 0.15) is 21.5 Å². The van der Waals surface area contributed by atoms with Gasteiger partial charge in [-0.05, 0) is 29.3 Å². The maximum atomic E-state index is 13.0. The molecule has 1 amide bonds. The average molecular weight is 287 g/mol. The van der Waals surface area contributed by atoms with Crippen LogP contribution >= 0.6 is 0 Å². The number of carboxylic acid groups (broad SMARTS) is 1. The minimum Gasteiger partial charge on any atom is -0.478 e. The van der Waals surface area contributed by atoms with Crippen LogP contribution in [0.4, 0.5) is 4.39 Å². The van der Waals surface area contributed by atoms with Crippen molar-refractivity contribution in [1.29, 1.82) is 0 Å². The minimum absolute atomic E-state index is 0.0300. The molecule has 2 aromatic rings. The molecule has 0 unspecified atom stereocenters. The second kappa shape index (κ2) is 6.65. The van der Waals surface area contributed by atoms with Crippen molar-refractivity contribution >= 4 is 11.9 Å². The van der Waals surface area contributed by atoms with E-state index in [1.54, 1.807) is 30.3 Å². The van der Waals surface area contributed by atoms with Crippen molar-refractivity contribution in [3.8, 4) is 0 Å². The lowest BCUT2D eigenvalue weighted by Crippen LogP contribution is -2.25. The van der Waals surface area contributed by atoms with Gasteiger partial charge in [-0.25, -0.2) is 9.18 Å². The number of carboxylic acids is 1. The lowest BCUT2D eigenvalue weighted by molar-refractivity contribution is -0.120. The van der Waals surface area contributed by atoms with Crippen molar-refractivity contribution in [3.05, 3.63) is 71.0 Å². The Labute approximate surface area is 121 Å². The molecule has 2 rings (SSSR count). The van der Waals surface area contributed by atoms with Gasteiger partial charge < -0.3 is 10.4 Å². The van der Waals surface area contributed by atoms with Crippen molar-refractivity contribution in [2.45, 2.75) is 13.0 Å². The van der Waals surface area contributed by atoms with Crippen LogP contribution in [0.3, 0.4) is 0 Å². The van der Waals surface area contributed by atoms with Crippen LogP contribution in [0.25, 0.3) is 0 Å². The van der Waals surface area contributed by atoms with Gasteiger partial charge in [-0.1, -0.05) is 30.3 Å². The zero-order chi connectivity index (χ0) is 15.2. The Balaban J connectivity index is 1.98. The molecule has 2 aromatic carbocycles. The zero-order valence-corrected chi connectivity index (χ0v) is 11.2. The highest BCUT2D eigenvalue weighted by Gasteiger charge is 2.12. The largest absolute Gasteiger partial charge is 0.478 e. The molecule has 0 fully saturated rings. The number of hydrogen-bond donors (Lipinski definition) is 2. The first-order valence-corrected chi connectivity index (χ1v) is 6.38. The number of nitrogens with one attached hydrogen (secondary N) is 1. The Hall–Kier alpha value is -2.69. The molecule has 0 spiro atoms. The van der Waals surface area contributed by atoms with Gasteiger partial charge in [0, 0.05) is 6.54 Å². The lowest BCUT2D eigenvalue weighted by atomic mass is 10.0. The number of carbonyl (C=O) groups excluding carboxylic acids is 1. The fraction of sp³-hybridized carbons (Fsp3) is 0.125. The van der Waals surface area contributed by atoms with Crippen molar-refractivity contribution in [2.75, 3.05) is 0 Å². The van der Waals surface area contributed by atoms with E-state index in [4.69, 9.17) is 5.11 Å². The maximum absolute atomic E-state index is 13.0. The normalized spacial score (nSPS) is 10.1. The topological polar surface area (TPSA) is 66.4 Å². The van der Waals surface area contributed by atoms with E-state index in [-0.39, 0.29) is 30.3 Å². The van der Waals surface area contributed by atoms with Gasteiger partial charge in [0.1, 0.15) is 5.82 Å². The molecule has 0 aliphatic rings. The van der Waals surface area contributed by atoms with Gasteiger partial charge in [-0.15, -0.1) is 0 Å². The smallest absolute Gasteiger partial charge is 0.335 e. The molecule has 0 radical (unpaired) electrons. The number of hydrogen-bond acceptors (Lipinski definition) is 2. The molecule has 0 saturated heterocycles. The van der Waals surface area contributed by atoms with Gasteiger partial charge in [-0.3, -0.25) is 4.79 Å². The van der Waals surface area contributed by atoms with E-state index in [0.29, 0.717) is 11.1 Å². The Morgan fingerprint density at radius 2 is 1.86 bits per heavy atom. The summed E-state index contributed by atoms with van der Waals surface area (Å²) in [6.07, 6.45) is -0.0300. The van der Waals surface area contributed by atoms with Crippen molar-refractivity contribution in [2.24, 2.45) is 0 Å². The quantitative estimate of drug-likeness (QED) is 0.887. The third-order valence-corrected chi connectivity index (χ3v) is 2.98. The number of benzene rings is 2. The van der Waals surface area contributed by atoms with E-state index in [1.165, 1.54) is 18.2 Å². The summed E-state index contributed by atoms with van der Waals surface area (Å²) in [5.41, 5.74) is 1.20. The fourth-order valence-corrected chi connectivity index (χ4v) is 1.97. The molecule has 0 heterocycles. The summed E-state index contributed by atoms with van der Waals surface area (Å²) in [6, 6.07) is 12.3. The van der Waals surface area contributed by atoms with Crippen LogP contribution < -0.4 is 5.32 Å². The van der Waals surface area contributed by atoms with Crippen molar-refractivity contribution in [1.82, 2.24) is 5.32 Å². The van der Waals surface area contributed by atoms with Gasteiger partial charge in [0.25, 0.3) is 0 Å². The first-order chi connectivity index (χ1) is 10.1. The summed E-state index contributed by atoms with van der Waals surface area (Å²) in [5, 5.41) is 11.7. The molecule has 0 aliphatic heterocycles. The van der Waals surface area contributed by atoms with Gasteiger partial charge in [0.2, 0.25) is 5.91 Å². The van der Waals surface area contributed by atoms with Crippen molar-refractivity contribution in [3.63, 3.8) is 0 Å². The van der Waals surface area contributed by atoms with Crippen LogP contribution in [0.15, 0.2) is 48.5 Å². The lowest BCUT2D eigenvalue weighted by Gasteiger charge is -2.07. The summed E-state index contributed by atoms with van der Waals surface area (Å²) in [5.74, 6) is -1.74. The highest BCUT2D eigenvalue weighted by molar-refractivity contribution is 5.91. The first-order valence-electron chi connectivity index (χ1n) is 6.38. The third kappa shape index (κ3) is 4.14. The second-order valence-electron chi connectivity index (χ2n) is 4.55. The number of rotatable bonds is 5. The van der Waals surface area contributed by atoms with Crippen LogP contribution in [0.5, 0.6) is 0 Å². The van der Waals surface area contributed by atoms with Gasteiger partial charge in [-0.2, -0.15) is 0 Å². The second-order valence-corrected chi connectivity index (χ2v) is 4.55. The molecule has 0 aliphatic carbocycles. The molecule has 0 aromatic heterocycles. The highest BCUT2D eigenvalue weighted by Crippen LogP contribution is 2.10. The van der Waals surface area contributed by atoms with E-state index in [0.717, 1.165) is 0 Å². The minimum atomic E-state index is -1.07. The number of aromatic carboxylic acids is 1. The fourth-order valence-electron chi connectivity index (χ4n) is 1.97. The van der Waals surface area contributed by atoms with E-state index in [2.05, 4.69) is 5.32 Å². The number of halogens is 1. The third-order valence-electron chi connectivity index (χ3n) is 2.98. The Morgan fingerprint density at radius 1 is 1.10 bits per heavy atom. The SMILES string of the molecule is O=C(Cc1ccccc1C(=O)O)NCc1cccc(F)c1. The molecular formula is C16H14FNO3. The molecular weight excluding hydrogens is 273 g/mol. The average Bonchev–Trinajstić information content (AvgIpc) is 2.45. The summed E-state index contributed by atoms with van der Waals surface area (Å²) in [7, 11) is 0. The summed E-state index contributed by atoms with van der Waals surface area (Å²) >= 11 is 0. The molecule has 0 atom stereocenters. The molecule has 4 nitrogen and oxygen atoms in total. The van der Waals surface area contributed by atoms with E-state index >= 15 is 0 Å². The predicted octanol–water partition coefficient (Wildman–Crippen LogP) is 2.38. The Morgan fingerprint density at radius 3 is 2.57 bits per heavy atom. The van der Waals surface area contributed by atoms with E-state index in [9.17, 15) is 14.0 Å². The Kier molecular flexibility index (Phi) is 4.66. The molecule has 2 N–H and O–H groups in total. The van der Waals surface area contributed by atoms with E-state index in [1.807, 2.05) is 0 Å². The van der Waals surface area contributed by atoms with Gasteiger partial charge in [0.15, 0.2) is 0 Å². The van der Waals surface area contributed by atoms with Gasteiger partial charge >= 0.3 is 5.97 Å². The zero-order valence-electron chi connectivity index (χ0n) is 11.2. The first kappa shape index (κ1) is 14.7. The molecule has 0 bridgehead atoms. The monoisotopic (exact) mass is 287 g/mol. The maximum Gasteiger partial charge on any atom is 0.335 e. The van der Waals surface area contributed by atoms with Crippen LogP contribution in [0, 0.1) is 5.82 Å². The van der Waals surface area contributed by atoms with Gasteiger partial charge in [0.05, 0.1) is 12.0 Å². The molecule has 0 saturated carbocycles. The summed E-state index contributed by atoms with van der Waals surface area (Å²) < 4.78 is 13.0. The predicted molar refractivity (Wildman–Crippen MR) is 75.4 cm³/mol. The molecule has 5 heteroatoms. The molecule has 21 heavy (non-hydrogen) atoms. The summed E-state index contributed by atoms with van der Waals surface area (Å²) in [4.78, 5) is 22.9. The standard InChI is InChI=1S/C16H14FNO3/c17-13-6-3-4-11(8-13)10-18-15(19)9-12-5-1-2-7-14(12)16(20)21/h1-8H,9-10H2,(H,18,19)(H,20,21). The van der Waals surface area contributed by atoms with Crippen molar-refractivity contribution < 1.29 is 19.1 Å². The summed E-state index contributed by atoms with van der Waals surface area (Å²) in [6.45, 7) is 0.200. The highest BCUT2D eigenvalue weighted by atomic mass is 19.1. The number of amides is 1.